The molecule has 2 aromatic rings. The first-order valence-corrected chi connectivity index (χ1v) is 7.12. The van der Waals surface area contributed by atoms with Gasteiger partial charge >= 0.3 is 12.7 Å². The van der Waals surface area contributed by atoms with E-state index in [9.17, 15) is 13.6 Å². The van der Waals surface area contributed by atoms with Crippen molar-refractivity contribution in [3.63, 3.8) is 0 Å². The molecule has 0 fully saturated rings. The van der Waals surface area contributed by atoms with Crippen molar-refractivity contribution >= 4 is 6.09 Å². The Morgan fingerprint density at radius 1 is 1.12 bits per heavy atom. The van der Waals surface area contributed by atoms with Crippen molar-refractivity contribution in [2.75, 3.05) is 6.54 Å². The Morgan fingerprint density at radius 2 is 1.92 bits per heavy atom. The van der Waals surface area contributed by atoms with Crippen LogP contribution in [-0.2, 0) is 11.3 Å². The van der Waals surface area contributed by atoms with E-state index in [0.29, 0.717) is 5.56 Å². The molecule has 1 amide bonds. The summed E-state index contributed by atoms with van der Waals surface area (Å²) in [5.41, 5.74) is 1.39. The average Bonchev–Trinajstić information content (AvgIpc) is 2.58. The summed E-state index contributed by atoms with van der Waals surface area (Å²) in [6.07, 6.45) is -0.581. The summed E-state index contributed by atoms with van der Waals surface area (Å²) in [6.45, 7) is -2.63. The fourth-order valence-electron chi connectivity index (χ4n) is 1.79. The van der Waals surface area contributed by atoms with Crippen molar-refractivity contribution in [3.05, 3.63) is 65.7 Å². The number of rotatable bonds is 5. The maximum absolute atomic E-state index is 12.1. The van der Waals surface area contributed by atoms with E-state index < -0.39 is 12.7 Å². The Hall–Kier alpha value is -3.07. The normalized spacial score (nSPS) is 9.79. The minimum absolute atomic E-state index is 0.0343. The third-order valence-electron chi connectivity index (χ3n) is 2.83. The topological polar surface area (TPSA) is 47.6 Å². The first-order chi connectivity index (χ1) is 11.6. The van der Waals surface area contributed by atoms with E-state index in [1.807, 2.05) is 30.3 Å². The van der Waals surface area contributed by atoms with Gasteiger partial charge < -0.3 is 14.8 Å². The lowest BCUT2D eigenvalue weighted by atomic mass is 10.2. The molecule has 4 nitrogen and oxygen atoms in total. The van der Waals surface area contributed by atoms with Crippen molar-refractivity contribution in [2.24, 2.45) is 0 Å². The number of carbonyl (C=O) groups is 1. The van der Waals surface area contributed by atoms with Crippen LogP contribution in [0.2, 0.25) is 0 Å². The quantitative estimate of drug-likeness (QED) is 0.852. The molecular weight excluding hydrogens is 316 g/mol. The molecule has 0 saturated carbocycles. The first-order valence-electron chi connectivity index (χ1n) is 7.12. The molecule has 0 radical (unpaired) electrons. The number of alkyl carbamates (subject to hydrolysis) is 1. The van der Waals surface area contributed by atoms with Gasteiger partial charge in [0, 0.05) is 5.56 Å². The Morgan fingerprint density at radius 3 is 2.67 bits per heavy atom. The number of hydrogen-bond donors (Lipinski definition) is 1. The van der Waals surface area contributed by atoms with Crippen LogP contribution < -0.4 is 10.1 Å². The highest BCUT2D eigenvalue weighted by Crippen LogP contribution is 2.15. The van der Waals surface area contributed by atoms with Crippen LogP contribution in [0.25, 0.3) is 0 Å². The number of carbonyl (C=O) groups excluding carboxylic acids is 1. The lowest BCUT2D eigenvalue weighted by Gasteiger charge is -2.04. The second-order valence-corrected chi connectivity index (χ2v) is 4.62. The predicted octanol–water partition coefficient (Wildman–Crippen LogP) is 3.57. The van der Waals surface area contributed by atoms with Gasteiger partial charge in [-0.15, -0.1) is 0 Å². The van der Waals surface area contributed by atoms with Gasteiger partial charge in [0.25, 0.3) is 0 Å². The molecule has 124 valence electrons. The van der Waals surface area contributed by atoms with Gasteiger partial charge in [0.15, 0.2) is 0 Å². The zero-order valence-corrected chi connectivity index (χ0v) is 12.7. The monoisotopic (exact) mass is 331 g/mol. The third-order valence-corrected chi connectivity index (χ3v) is 2.83. The van der Waals surface area contributed by atoms with E-state index in [-0.39, 0.29) is 18.9 Å². The van der Waals surface area contributed by atoms with E-state index >= 15 is 0 Å². The second kappa shape index (κ2) is 9.16. The molecule has 2 aromatic carbocycles. The number of ether oxygens (including phenoxy) is 2. The standard InChI is InChI=1S/C18H15F2NO3/c19-17(20)24-16-10-4-8-14(12-16)9-5-11-21-18(22)23-13-15-6-2-1-3-7-15/h1-4,6-8,10,12,17H,11,13H2,(H,21,22). The van der Waals surface area contributed by atoms with Gasteiger partial charge in [-0.2, -0.15) is 8.78 Å². The molecule has 0 aliphatic carbocycles. The number of halogens is 2. The molecule has 0 heterocycles. The van der Waals surface area contributed by atoms with Crippen LogP contribution in [0.3, 0.4) is 0 Å². The molecule has 6 heteroatoms. The zero-order valence-electron chi connectivity index (χ0n) is 12.7. The summed E-state index contributed by atoms with van der Waals surface area (Å²) in [7, 11) is 0. The minimum Gasteiger partial charge on any atom is -0.445 e. The Bertz CT molecular complexity index is 724. The number of alkyl halides is 2. The average molecular weight is 331 g/mol. The van der Waals surface area contributed by atoms with Crippen LogP contribution in [0.1, 0.15) is 11.1 Å². The molecule has 24 heavy (non-hydrogen) atoms. The number of benzene rings is 2. The van der Waals surface area contributed by atoms with Crippen LogP contribution >= 0.6 is 0 Å². The van der Waals surface area contributed by atoms with Gasteiger partial charge in [-0.3, -0.25) is 0 Å². The van der Waals surface area contributed by atoms with Gasteiger partial charge in [0.05, 0.1) is 6.54 Å². The fraction of sp³-hybridized carbons (Fsp3) is 0.167. The molecule has 0 atom stereocenters. The van der Waals surface area contributed by atoms with E-state index in [1.165, 1.54) is 12.1 Å². The number of hydrogen-bond acceptors (Lipinski definition) is 3. The number of amides is 1. The second-order valence-electron chi connectivity index (χ2n) is 4.62. The summed E-state index contributed by atoms with van der Waals surface area (Å²) in [5, 5.41) is 2.48. The van der Waals surface area contributed by atoms with Crippen LogP contribution in [0.4, 0.5) is 13.6 Å². The Labute approximate surface area is 138 Å². The van der Waals surface area contributed by atoms with Gasteiger partial charge in [-0.05, 0) is 23.8 Å². The molecule has 0 spiro atoms. The molecule has 0 aliphatic heterocycles. The largest absolute Gasteiger partial charge is 0.445 e. The van der Waals surface area contributed by atoms with Crippen LogP contribution in [-0.4, -0.2) is 19.2 Å². The van der Waals surface area contributed by atoms with Gasteiger partial charge in [0.1, 0.15) is 12.4 Å². The first kappa shape index (κ1) is 17.3. The van der Waals surface area contributed by atoms with E-state index in [0.717, 1.165) is 5.56 Å². The Balaban J connectivity index is 1.76. The summed E-state index contributed by atoms with van der Waals surface area (Å²) in [6, 6.07) is 15.3. The van der Waals surface area contributed by atoms with E-state index in [2.05, 4.69) is 21.9 Å². The maximum Gasteiger partial charge on any atom is 0.408 e. The van der Waals surface area contributed by atoms with Gasteiger partial charge in [0.2, 0.25) is 0 Å². The van der Waals surface area contributed by atoms with Crippen LogP contribution in [0.15, 0.2) is 54.6 Å². The van der Waals surface area contributed by atoms with Crippen molar-refractivity contribution in [1.29, 1.82) is 0 Å². The molecule has 2 rings (SSSR count). The summed E-state index contributed by atoms with van der Waals surface area (Å²) >= 11 is 0. The molecule has 0 unspecified atom stereocenters. The highest BCUT2D eigenvalue weighted by molar-refractivity contribution is 5.67. The molecule has 0 bridgehead atoms. The maximum atomic E-state index is 12.1. The van der Waals surface area contributed by atoms with Crippen molar-refractivity contribution < 1.29 is 23.0 Å². The van der Waals surface area contributed by atoms with Crippen molar-refractivity contribution in [2.45, 2.75) is 13.2 Å². The smallest absolute Gasteiger partial charge is 0.408 e. The third kappa shape index (κ3) is 6.36. The number of nitrogens with one attached hydrogen (secondary N) is 1. The van der Waals surface area contributed by atoms with Crippen LogP contribution in [0.5, 0.6) is 5.75 Å². The molecule has 1 N–H and O–H groups in total. The van der Waals surface area contributed by atoms with E-state index in [1.54, 1.807) is 12.1 Å². The molecule has 0 aromatic heterocycles. The zero-order chi connectivity index (χ0) is 17.2. The highest BCUT2D eigenvalue weighted by Gasteiger charge is 2.03. The summed E-state index contributed by atoms with van der Waals surface area (Å²) < 4.78 is 33.6. The van der Waals surface area contributed by atoms with Gasteiger partial charge in [-0.25, -0.2) is 4.79 Å². The van der Waals surface area contributed by atoms with Crippen molar-refractivity contribution in [3.8, 4) is 17.6 Å². The lowest BCUT2D eigenvalue weighted by Crippen LogP contribution is -2.24. The predicted molar refractivity (Wildman–Crippen MR) is 84.6 cm³/mol. The minimum atomic E-state index is -2.88. The summed E-state index contributed by atoms with van der Waals surface area (Å²) in [4.78, 5) is 11.5. The fourth-order valence-corrected chi connectivity index (χ4v) is 1.79. The van der Waals surface area contributed by atoms with Gasteiger partial charge in [-0.1, -0.05) is 48.2 Å². The highest BCUT2D eigenvalue weighted by atomic mass is 19.3. The lowest BCUT2D eigenvalue weighted by molar-refractivity contribution is -0.0498. The SMILES string of the molecule is O=C(NCC#Cc1cccc(OC(F)F)c1)OCc1ccccc1. The van der Waals surface area contributed by atoms with E-state index in [4.69, 9.17) is 4.74 Å². The molecular formula is C18H15F2NO3. The summed E-state index contributed by atoms with van der Waals surface area (Å²) in [5.74, 6) is 5.48. The molecule has 0 aliphatic rings. The molecule has 0 saturated heterocycles. The Kier molecular flexibility index (Phi) is 6.59. The van der Waals surface area contributed by atoms with Crippen molar-refractivity contribution in [1.82, 2.24) is 5.32 Å². The van der Waals surface area contributed by atoms with Crippen LogP contribution in [0, 0.1) is 11.8 Å².